The van der Waals surface area contributed by atoms with Crippen LogP contribution in [0.3, 0.4) is 0 Å². The Morgan fingerprint density at radius 1 is 0.964 bits per heavy atom. The maximum absolute atomic E-state index is 10.1. The van der Waals surface area contributed by atoms with E-state index in [9.17, 15) is 15.5 Å². The minimum atomic E-state index is 0.198. The second kappa shape index (κ2) is 7.40. The van der Waals surface area contributed by atoms with Gasteiger partial charge in [-0.1, -0.05) is 43.3 Å². The van der Waals surface area contributed by atoms with Gasteiger partial charge in [0.2, 0.25) is 0 Å². The predicted octanol–water partition coefficient (Wildman–Crippen LogP) is 5.27. The Hall–Kier alpha value is -3.25. The molecule has 0 amide bonds. The molecule has 0 fully saturated rings. The average molecular weight is 369 g/mol. The highest BCUT2D eigenvalue weighted by Gasteiger charge is 2.35. The first-order valence-electron chi connectivity index (χ1n) is 9.65. The second-order valence-electron chi connectivity index (χ2n) is 7.72. The van der Waals surface area contributed by atoms with Crippen molar-refractivity contribution in [2.24, 2.45) is 5.92 Å². The van der Waals surface area contributed by atoms with E-state index in [1.165, 1.54) is 16.7 Å². The third-order valence-electron chi connectivity index (χ3n) is 6.14. The van der Waals surface area contributed by atoms with Crippen LogP contribution >= 0.6 is 0 Å². The van der Waals surface area contributed by atoms with Crippen molar-refractivity contribution in [2.45, 2.75) is 31.6 Å². The smallest absolute Gasteiger partial charge is 0.115 e. The van der Waals surface area contributed by atoms with Gasteiger partial charge in [-0.15, -0.1) is 0 Å². The van der Waals surface area contributed by atoms with E-state index in [0.29, 0.717) is 17.4 Å². The Bertz CT molecular complexity index is 1030. The fraction of sp³-hybridized carbons (Fsp3) is 0.240. The molecule has 2 N–H and O–H groups in total. The van der Waals surface area contributed by atoms with Crippen molar-refractivity contribution in [3.8, 4) is 17.6 Å². The van der Waals surface area contributed by atoms with Crippen LogP contribution in [0.1, 0.15) is 46.6 Å². The molecule has 0 aliphatic heterocycles. The van der Waals surface area contributed by atoms with Gasteiger partial charge in [-0.3, -0.25) is 0 Å². The summed E-state index contributed by atoms with van der Waals surface area (Å²) in [4.78, 5) is 0. The van der Waals surface area contributed by atoms with E-state index in [1.807, 2.05) is 48.5 Å². The van der Waals surface area contributed by atoms with Gasteiger partial charge in [0.05, 0.1) is 11.6 Å². The zero-order valence-electron chi connectivity index (χ0n) is 15.8. The van der Waals surface area contributed by atoms with Crippen LogP contribution in [-0.4, -0.2) is 10.2 Å². The molecule has 0 unspecified atom stereocenters. The Balaban J connectivity index is 1.77. The van der Waals surface area contributed by atoms with Crippen molar-refractivity contribution in [1.29, 1.82) is 5.26 Å². The Morgan fingerprint density at radius 3 is 2.43 bits per heavy atom. The summed E-state index contributed by atoms with van der Waals surface area (Å²) in [5.41, 5.74) is 5.39. The van der Waals surface area contributed by atoms with Crippen molar-refractivity contribution >= 4 is 0 Å². The van der Waals surface area contributed by atoms with E-state index < -0.39 is 0 Å². The average Bonchev–Trinajstić information content (AvgIpc) is 2.71. The Morgan fingerprint density at radius 2 is 1.68 bits per heavy atom. The number of aromatic hydroxyl groups is 2. The highest BCUT2D eigenvalue weighted by atomic mass is 16.3. The molecule has 4 rings (SSSR count). The fourth-order valence-corrected chi connectivity index (χ4v) is 4.58. The summed E-state index contributed by atoms with van der Waals surface area (Å²) < 4.78 is 0. The van der Waals surface area contributed by atoms with Gasteiger partial charge in [0.15, 0.2) is 0 Å². The number of benzene rings is 3. The molecule has 0 spiro atoms. The van der Waals surface area contributed by atoms with Crippen LogP contribution < -0.4 is 0 Å². The van der Waals surface area contributed by atoms with Gasteiger partial charge in [0.1, 0.15) is 11.5 Å². The molecule has 3 nitrogen and oxygen atoms in total. The number of rotatable bonds is 3. The normalized spacial score (nSPS) is 20.9. The van der Waals surface area contributed by atoms with Gasteiger partial charge in [-0.2, -0.15) is 5.26 Å². The summed E-state index contributed by atoms with van der Waals surface area (Å²) in [6.07, 6.45) is 1.66. The lowest BCUT2D eigenvalue weighted by molar-refractivity contribution is 0.347. The van der Waals surface area contributed by atoms with E-state index in [1.54, 1.807) is 18.2 Å². The standard InChI is InChI=1S/C25H23NO2/c1-16-23(17-6-9-21(27)10-7-17)13-19-8-11-22(28)14-25(19)24(16)12-18-4-2-3-5-20(18)15-26/h2-11,14,16,23-24,27-28H,12-13H2,1H3/t16-,23-,24-/m1/s1. The van der Waals surface area contributed by atoms with Crippen molar-refractivity contribution in [2.75, 3.05) is 0 Å². The van der Waals surface area contributed by atoms with E-state index in [4.69, 9.17) is 0 Å². The molecule has 0 radical (unpaired) electrons. The van der Waals surface area contributed by atoms with Crippen LogP contribution in [0.5, 0.6) is 11.5 Å². The van der Waals surface area contributed by atoms with Gasteiger partial charge in [0, 0.05) is 0 Å². The first-order valence-corrected chi connectivity index (χ1v) is 9.65. The first kappa shape index (κ1) is 18.1. The zero-order chi connectivity index (χ0) is 19.7. The molecule has 0 heterocycles. The van der Waals surface area contributed by atoms with Crippen LogP contribution in [0.15, 0.2) is 66.7 Å². The van der Waals surface area contributed by atoms with Crippen molar-refractivity contribution in [1.82, 2.24) is 0 Å². The van der Waals surface area contributed by atoms with Gasteiger partial charge < -0.3 is 10.2 Å². The molecule has 0 bridgehead atoms. The van der Waals surface area contributed by atoms with Gasteiger partial charge in [0.25, 0.3) is 0 Å². The van der Waals surface area contributed by atoms with Crippen LogP contribution in [-0.2, 0) is 12.8 Å². The summed E-state index contributed by atoms with van der Waals surface area (Å²) >= 11 is 0. The van der Waals surface area contributed by atoms with Gasteiger partial charge >= 0.3 is 0 Å². The summed E-state index contributed by atoms with van der Waals surface area (Å²) in [6, 6.07) is 23.2. The molecule has 0 aromatic heterocycles. The van der Waals surface area contributed by atoms with E-state index in [-0.39, 0.29) is 17.4 Å². The van der Waals surface area contributed by atoms with Crippen LogP contribution in [0, 0.1) is 17.2 Å². The molecular formula is C25H23NO2. The molecule has 0 saturated carbocycles. The Kier molecular flexibility index (Phi) is 4.79. The molecule has 1 aliphatic carbocycles. The number of phenols is 2. The topological polar surface area (TPSA) is 64.2 Å². The van der Waals surface area contributed by atoms with Crippen molar-refractivity contribution in [3.63, 3.8) is 0 Å². The van der Waals surface area contributed by atoms with E-state index in [2.05, 4.69) is 13.0 Å². The quantitative estimate of drug-likeness (QED) is 0.661. The molecule has 140 valence electrons. The SMILES string of the molecule is C[C@@H]1[C@H](c2ccc(O)cc2)Cc2ccc(O)cc2[C@@H]1Cc1ccccc1C#N. The van der Waals surface area contributed by atoms with Crippen molar-refractivity contribution in [3.05, 3.63) is 94.5 Å². The molecule has 28 heavy (non-hydrogen) atoms. The molecule has 3 atom stereocenters. The van der Waals surface area contributed by atoms with E-state index in [0.717, 1.165) is 18.4 Å². The summed E-state index contributed by atoms with van der Waals surface area (Å²) in [5.74, 6) is 1.40. The Labute approximate surface area is 165 Å². The number of nitrogens with zero attached hydrogens (tertiary/aromatic N) is 1. The number of fused-ring (bicyclic) bond motifs is 1. The maximum atomic E-state index is 10.1. The van der Waals surface area contributed by atoms with Crippen LogP contribution in [0.25, 0.3) is 0 Å². The predicted molar refractivity (Wildman–Crippen MR) is 109 cm³/mol. The summed E-state index contributed by atoms with van der Waals surface area (Å²) in [6.45, 7) is 2.25. The fourth-order valence-electron chi connectivity index (χ4n) is 4.58. The van der Waals surface area contributed by atoms with Crippen LogP contribution in [0.2, 0.25) is 0 Å². The lowest BCUT2D eigenvalue weighted by Crippen LogP contribution is -2.28. The van der Waals surface area contributed by atoms with Gasteiger partial charge in [-0.25, -0.2) is 0 Å². The molecular weight excluding hydrogens is 346 g/mol. The molecule has 0 saturated heterocycles. The molecule has 3 heteroatoms. The first-order chi connectivity index (χ1) is 13.6. The third kappa shape index (κ3) is 3.34. The number of phenolic OH excluding ortho intramolecular Hbond substituents is 2. The van der Waals surface area contributed by atoms with Crippen LogP contribution in [0.4, 0.5) is 0 Å². The monoisotopic (exact) mass is 369 g/mol. The molecule has 1 aliphatic rings. The number of hydrogen-bond donors (Lipinski definition) is 2. The minimum absolute atomic E-state index is 0.198. The highest BCUT2D eigenvalue weighted by molar-refractivity contribution is 5.45. The molecule has 3 aromatic carbocycles. The number of hydrogen-bond acceptors (Lipinski definition) is 3. The summed E-state index contributed by atoms with van der Waals surface area (Å²) in [7, 11) is 0. The summed E-state index contributed by atoms with van der Waals surface area (Å²) in [5, 5.41) is 29.2. The molecule has 3 aromatic rings. The highest BCUT2D eigenvalue weighted by Crippen LogP contribution is 2.47. The minimum Gasteiger partial charge on any atom is -0.508 e. The van der Waals surface area contributed by atoms with Gasteiger partial charge in [-0.05, 0) is 83.2 Å². The number of nitriles is 1. The lowest BCUT2D eigenvalue weighted by atomic mass is 9.65. The second-order valence-corrected chi connectivity index (χ2v) is 7.72. The zero-order valence-corrected chi connectivity index (χ0v) is 15.8. The lowest BCUT2D eigenvalue weighted by Gasteiger charge is -2.38. The van der Waals surface area contributed by atoms with Crippen molar-refractivity contribution < 1.29 is 10.2 Å². The van der Waals surface area contributed by atoms with E-state index >= 15 is 0 Å². The largest absolute Gasteiger partial charge is 0.508 e. The third-order valence-corrected chi connectivity index (χ3v) is 6.14. The maximum Gasteiger partial charge on any atom is 0.115 e.